The van der Waals surface area contributed by atoms with Crippen molar-refractivity contribution in [1.82, 2.24) is 20.9 Å². The standard InChI is InChI=1S/C40H72N4O17.Y/c1-24-19-25(21-45)44(20-24)31(50)14-3-2-7-16-42-38(57)26(43-30(49)13-6-10-18-59-40-37(56)35(54)33(52)28(23-47)61-40)11-4-8-15-41-29(48)12-5-9-17-58-39-36(55)34(53)32(51)27(22-46)60-39;/h24-28,32-37,39-40,45-47,51-56H,2-23H2,1H3,(H,41,48)(H,42,57)(H,43,49);/t24-,25+,26+,27?,28?,32?,33?,34?,35?,36?,37?,39?,40?;/m1./s1. The van der Waals surface area contributed by atoms with Crippen molar-refractivity contribution >= 4 is 23.6 Å². The SMILES string of the molecule is C[C@@H]1C[C@@H](CO)N(C(=O)CCCCCNC(=O)[C@H](CCCCNC(=O)CCCCOC2OC(CO)C(O)C(O)C2O)NC(=O)CCCCOC2OC(CO)C(O)C(O)C2O)C1.[Y]. The van der Waals surface area contributed by atoms with Gasteiger partial charge < -0.3 is 85.8 Å². The van der Waals surface area contributed by atoms with Gasteiger partial charge in [0.05, 0.1) is 25.9 Å². The average Bonchev–Trinajstić information content (AvgIpc) is 3.64. The van der Waals surface area contributed by atoms with Gasteiger partial charge in [0.2, 0.25) is 23.6 Å². The van der Waals surface area contributed by atoms with Crippen molar-refractivity contribution in [3.63, 3.8) is 0 Å². The van der Waals surface area contributed by atoms with E-state index in [0.29, 0.717) is 96.2 Å². The number of carbonyl (C=O) groups is 4. The number of amides is 4. The van der Waals surface area contributed by atoms with Crippen LogP contribution in [0.15, 0.2) is 0 Å². The van der Waals surface area contributed by atoms with E-state index >= 15 is 0 Å². The number of hydrogen-bond acceptors (Lipinski definition) is 17. The van der Waals surface area contributed by atoms with Crippen LogP contribution in [-0.2, 0) is 70.8 Å². The van der Waals surface area contributed by atoms with E-state index in [0.717, 1.165) is 6.42 Å². The summed E-state index contributed by atoms with van der Waals surface area (Å²) in [5.41, 5.74) is 0. The van der Waals surface area contributed by atoms with Crippen LogP contribution in [0.5, 0.6) is 0 Å². The van der Waals surface area contributed by atoms with Crippen LogP contribution in [0.3, 0.4) is 0 Å². The Labute approximate surface area is 388 Å². The summed E-state index contributed by atoms with van der Waals surface area (Å²) >= 11 is 0. The quantitative estimate of drug-likeness (QED) is 0.0341. The molecule has 22 heteroatoms. The van der Waals surface area contributed by atoms with Gasteiger partial charge >= 0.3 is 0 Å². The van der Waals surface area contributed by atoms with Crippen LogP contribution in [0, 0.1) is 5.92 Å². The van der Waals surface area contributed by atoms with Gasteiger partial charge in [-0.2, -0.15) is 0 Å². The second kappa shape index (κ2) is 30.6. The Kier molecular flexibility index (Phi) is 28.0. The van der Waals surface area contributed by atoms with Gasteiger partial charge in [-0.3, -0.25) is 19.2 Å². The molecule has 0 aromatic carbocycles. The molecule has 3 heterocycles. The number of unbranched alkanes of at least 4 members (excludes halogenated alkanes) is 5. The Morgan fingerprint density at radius 2 is 1.15 bits per heavy atom. The molecule has 357 valence electrons. The molecular formula is C40H72N4O17Y. The van der Waals surface area contributed by atoms with E-state index in [1.54, 1.807) is 4.90 Å². The Hall–Kier alpha value is -1.54. The minimum atomic E-state index is -1.57. The monoisotopic (exact) mass is 969 g/mol. The van der Waals surface area contributed by atoms with Crippen LogP contribution in [0.1, 0.15) is 96.8 Å². The molecule has 0 saturated carbocycles. The first-order valence-electron chi connectivity index (χ1n) is 21.8. The number of rotatable bonds is 28. The first-order chi connectivity index (χ1) is 29.2. The normalized spacial score (nSPS) is 30.3. The van der Waals surface area contributed by atoms with E-state index in [-0.39, 0.29) is 95.0 Å². The fraction of sp³-hybridized carbons (Fsp3) is 0.900. The first kappa shape index (κ1) is 56.6. The maximum Gasteiger partial charge on any atom is 0.242 e. The van der Waals surface area contributed by atoms with Crippen molar-refractivity contribution in [2.24, 2.45) is 5.92 Å². The Morgan fingerprint density at radius 3 is 1.69 bits per heavy atom. The minimum Gasteiger partial charge on any atom is -0.394 e. The summed E-state index contributed by atoms with van der Waals surface area (Å²) in [6.45, 7) is 2.33. The smallest absolute Gasteiger partial charge is 0.242 e. The van der Waals surface area contributed by atoms with Gasteiger partial charge in [-0.15, -0.1) is 0 Å². The molecule has 12 N–H and O–H groups in total. The molecule has 0 spiro atoms. The van der Waals surface area contributed by atoms with Crippen molar-refractivity contribution in [2.75, 3.05) is 52.7 Å². The summed E-state index contributed by atoms with van der Waals surface area (Å²) in [6.07, 6.45) is -7.49. The van der Waals surface area contributed by atoms with E-state index in [4.69, 9.17) is 18.9 Å². The summed E-state index contributed by atoms with van der Waals surface area (Å²) in [4.78, 5) is 53.0. The molecule has 21 nitrogen and oxygen atoms in total. The molecule has 13 atom stereocenters. The largest absolute Gasteiger partial charge is 0.394 e. The molecule has 3 fully saturated rings. The third kappa shape index (κ3) is 18.8. The van der Waals surface area contributed by atoms with Gasteiger partial charge in [0.25, 0.3) is 0 Å². The Bertz CT molecular complexity index is 1310. The van der Waals surface area contributed by atoms with E-state index < -0.39 is 80.7 Å². The maximum atomic E-state index is 13.2. The Balaban J connectivity index is 0.0000132. The minimum absolute atomic E-state index is 0. The van der Waals surface area contributed by atoms with Crippen LogP contribution < -0.4 is 16.0 Å². The molecule has 3 aliphatic rings. The summed E-state index contributed by atoms with van der Waals surface area (Å²) in [7, 11) is 0. The van der Waals surface area contributed by atoms with Gasteiger partial charge in [-0.25, -0.2) is 0 Å². The fourth-order valence-electron chi connectivity index (χ4n) is 7.60. The van der Waals surface area contributed by atoms with E-state index in [1.807, 2.05) is 0 Å². The number of nitrogens with zero attached hydrogens (tertiary/aromatic N) is 1. The van der Waals surface area contributed by atoms with Crippen molar-refractivity contribution in [3.8, 4) is 0 Å². The van der Waals surface area contributed by atoms with Gasteiger partial charge in [-0.1, -0.05) is 13.3 Å². The van der Waals surface area contributed by atoms with E-state index in [9.17, 15) is 65.1 Å². The van der Waals surface area contributed by atoms with Crippen LogP contribution >= 0.6 is 0 Å². The number of nitrogens with one attached hydrogen (secondary N) is 3. The van der Waals surface area contributed by atoms with Crippen LogP contribution in [0.25, 0.3) is 0 Å². The predicted molar refractivity (Wildman–Crippen MR) is 214 cm³/mol. The number of carbonyl (C=O) groups excluding carboxylic acids is 4. The average molecular weight is 970 g/mol. The number of aliphatic hydroxyl groups is 9. The zero-order chi connectivity index (χ0) is 44.9. The van der Waals surface area contributed by atoms with Gasteiger partial charge in [0, 0.05) is 84.8 Å². The summed E-state index contributed by atoms with van der Waals surface area (Å²) in [6, 6.07) is -0.977. The molecule has 3 aliphatic heterocycles. The number of likely N-dealkylation sites (tertiary alicyclic amines) is 1. The predicted octanol–water partition coefficient (Wildman–Crippen LogP) is -3.37. The molecule has 62 heavy (non-hydrogen) atoms. The molecule has 1 radical (unpaired) electrons. The first-order valence-corrected chi connectivity index (χ1v) is 21.8. The van der Waals surface area contributed by atoms with E-state index in [1.165, 1.54) is 0 Å². The molecule has 3 saturated heterocycles. The third-order valence-electron chi connectivity index (χ3n) is 11.3. The third-order valence-corrected chi connectivity index (χ3v) is 11.3. The number of hydrogen-bond donors (Lipinski definition) is 12. The maximum absolute atomic E-state index is 13.2. The molecule has 0 aromatic rings. The second-order valence-electron chi connectivity index (χ2n) is 16.3. The molecule has 0 aromatic heterocycles. The van der Waals surface area contributed by atoms with Crippen molar-refractivity contribution in [2.45, 2.75) is 170 Å². The summed E-state index contributed by atoms with van der Waals surface area (Å²) in [5, 5.41) is 96.6. The van der Waals surface area contributed by atoms with Crippen molar-refractivity contribution < 1.29 is 117 Å². The van der Waals surface area contributed by atoms with Gasteiger partial charge in [-0.05, 0) is 70.1 Å². The molecule has 10 unspecified atom stereocenters. The van der Waals surface area contributed by atoms with Crippen LogP contribution in [0.2, 0.25) is 0 Å². The van der Waals surface area contributed by atoms with Gasteiger partial charge in [0.15, 0.2) is 12.6 Å². The fourth-order valence-corrected chi connectivity index (χ4v) is 7.60. The molecule has 0 bridgehead atoms. The Morgan fingerprint density at radius 1 is 0.629 bits per heavy atom. The number of aliphatic hydroxyl groups excluding tert-OH is 9. The summed E-state index contributed by atoms with van der Waals surface area (Å²) in [5.74, 6) is -0.554. The molecular weight excluding hydrogens is 897 g/mol. The van der Waals surface area contributed by atoms with Crippen molar-refractivity contribution in [1.29, 1.82) is 0 Å². The zero-order valence-electron chi connectivity index (χ0n) is 35.9. The van der Waals surface area contributed by atoms with Crippen molar-refractivity contribution in [3.05, 3.63) is 0 Å². The van der Waals surface area contributed by atoms with Crippen LogP contribution in [-0.4, -0.2) is 201 Å². The topological polar surface area (TPSA) is 327 Å². The number of ether oxygens (including phenoxy) is 4. The zero-order valence-corrected chi connectivity index (χ0v) is 38.7. The molecule has 3 rings (SSSR count). The summed E-state index contributed by atoms with van der Waals surface area (Å²) < 4.78 is 21.6. The molecule has 4 amide bonds. The van der Waals surface area contributed by atoms with Gasteiger partial charge in [0.1, 0.15) is 54.9 Å². The van der Waals surface area contributed by atoms with E-state index in [2.05, 4.69) is 22.9 Å². The second-order valence-corrected chi connectivity index (χ2v) is 16.3. The van der Waals surface area contributed by atoms with Crippen LogP contribution in [0.4, 0.5) is 0 Å². The molecule has 0 aliphatic carbocycles.